The minimum Gasteiger partial charge on any atom is -0.497 e. The number of nitrogens with one attached hydrogen (secondary N) is 2. The van der Waals surface area contributed by atoms with Crippen LogP contribution in [0.2, 0.25) is 0 Å². The summed E-state index contributed by atoms with van der Waals surface area (Å²) in [5, 5.41) is 5.77. The van der Waals surface area contributed by atoms with Crippen LogP contribution in [-0.2, 0) is 17.6 Å². The average molecular weight is 459 g/mol. The van der Waals surface area contributed by atoms with Crippen molar-refractivity contribution in [3.63, 3.8) is 0 Å². The van der Waals surface area contributed by atoms with Gasteiger partial charge in [-0.1, -0.05) is 0 Å². The van der Waals surface area contributed by atoms with Crippen molar-refractivity contribution in [1.82, 2.24) is 10.3 Å². The first-order chi connectivity index (χ1) is 16.4. The highest BCUT2D eigenvalue weighted by Gasteiger charge is 2.20. The minimum atomic E-state index is -0.493. The maximum atomic E-state index is 12.7. The highest BCUT2D eigenvalue weighted by atomic mass is 16.5. The number of fused-ring (bicyclic) bond motifs is 4. The van der Waals surface area contributed by atoms with Crippen LogP contribution in [0.5, 0.6) is 5.75 Å². The lowest BCUT2D eigenvalue weighted by Gasteiger charge is -2.10. The second-order valence-electron chi connectivity index (χ2n) is 8.68. The number of hydrogen-bond donors (Lipinski definition) is 2. The minimum absolute atomic E-state index is 0.0513. The largest absolute Gasteiger partial charge is 0.497 e. The second-order valence-corrected chi connectivity index (χ2v) is 8.68. The predicted octanol–water partition coefficient (Wildman–Crippen LogP) is 4.86. The van der Waals surface area contributed by atoms with E-state index in [1.54, 1.807) is 13.4 Å². The molecule has 174 valence electrons. The number of furan rings is 1. The molecule has 7 heteroatoms. The molecule has 3 heterocycles. The van der Waals surface area contributed by atoms with Crippen molar-refractivity contribution in [3.05, 3.63) is 75.0 Å². The molecule has 2 N–H and O–H groups in total. The fourth-order valence-electron chi connectivity index (χ4n) is 4.74. The third-order valence-corrected chi connectivity index (χ3v) is 6.50. The zero-order valence-electron chi connectivity index (χ0n) is 19.6. The fraction of sp³-hybridized carbons (Fsp3) is 0.259. The van der Waals surface area contributed by atoms with E-state index in [0.29, 0.717) is 35.3 Å². The van der Waals surface area contributed by atoms with Crippen LogP contribution in [0.4, 0.5) is 0 Å². The molecule has 7 nitrogen and oxygen atoms in total. The molecule has 0 aliphatic carbocycles. The Morgan fingerprint density at radius 2 is 1.94 bits per heavy atom. The van der Waals surface area contributed by atoms with Gasteiger partial charge in [0.2, 0.25) is 5.91 Å². The fourth-order valence-corrected chi connectivity index (χ4v) is 4.74. The third kappa shape index (κ3) is 3.63. The average Bonchev–Trinajstić information content (AvgIpc) is 3.40. The lowest BCUT2D eigenvalue weighted by molar-refractivity contribution is -0.120. The Morgan fingerprint density at radius 3 is 2.74 bits per heavy atom. The monoisotopic (exact) mass is 458 g/mol. The van der Waals surface area contributed by atoms with Crippen LogP contribution in [0.3, 0.4) is 0 Å². The van der Waals surface area contributed by atoms with E-state index < -0.39 is 5.63 Å². The van der Waals surface area contributed by atoms with Gasteiger partial charge in [-0.25, -0.2) is 4.79 Å². The first-order valence-corrected chi connectivity index (χ1v) is 11.2. The van der Waals surface area contributed by atoms with E-state index in [1.165, 1.54) is 0 Å². The van der Waals surface area contributed by atoms with Gasteiger partial charge in [-0.15, -0.1) is 0 Å². The molecule has 2 aromatic carbocycles. The Hall–Kier alpha value is -4.00. The summed E-state index contributed by atoms with van der Waals surface area (Å²) in [6.07, 6.45) is 4.25. The van der Waals surface area contributed by atoms with E-state index >= 15 is 0 Å². The smallest absolute Gasteiger partial charge is 0.340 e. The zero-order valence-corrected chi connectivity index (χ0v) is 19.6. The molecule has 0 bridgehead atoms. The number of ether oxygens (including phenoxy) is 1. The van der Waals surface area contributed by atoms with Gasteiger partial charge in [0, 0.05) is 35.1 Å². The first-order valence-electron chi connectivity index (χ1n) is 11.2. The van der Waals surface area contributed by atoms with Crippen molar-refractivity contribution in [2.75, 3.05) is 13.7 Å². The van der Waals surface area contributed by atoms with Gasteiger partial charge in [0.1, 0.15) is 16.9 Å². The summed E-state index contributed by atoms with van der Waals surface area (Å²) in [5.41, 5.74) is 5.83. The Bertz CT molecular complexity index is 1620. The van der Waals surface area contributed by atoms with E-state index in [0.717, 1.165) is 44.1 Å². The molecule has 0 aliphatic rings. The van der Waals surface area contributed by atoms with Gasteiger partial charge in [-0.3, -0.25) is 4.79 Å². The van der Waals surface area contributed by atoms with E-state index in [2.05, 4.69) is 10.3 Å². The first kappa shape index (κ1) is 21.8. The van der Waals surface area contributed by atoms with E-state index in [4.69, 9.17) is 13.6 Å². The van der Waals surface area contributed by atoms with Crippen LogP contribution in [0.15, 0.2) is 50.4 Å². The summed E-state index contributed by atoms with van der Waals surface area (Å²) < 4.78 is 16.7. The van der Waals surface area contributed by atoms with E-state index in [-0.39, 0.29) is 12.3 Å². The molecule has 0 saturated carbocycles. The molecule has 34 heavy (non-hydrogen) atoms. The molecule has 0 fully saturated rings. The molecule has 5 rings (SSSR count). The van der Waals surface area contributed by atoms with Crippen molar-refractivity contribution in [1.29, 1.82) is 0 Å². The molecule has 0 radical (unpaired) electrons. The molecule has 1 amide bonds. The molecule has 0 spiro atoms. The van der Waals surface area contributed by atoms with E-state index in [1.807, 2.05) is 51.2 Å². The van der Waals surface area contributed by atoms with Gasteiger partial charge in [-0.2, -0.15) is 0 Å². The number of carbonyl (C=O) groups is 1. The second kappa shape index (κ2) is 8.41. The highest BCUT2D eigenvalue weighted by molar-refractivity contribution is 6.07. The van der Waals surface area contributed by atoms with Crippen molar-refractivity contribution >= 4 is 38.7 Å². The standard InChI is InChI=1S/C27H26N2O5/c1-14-9-22-25(26-24(14)15(2)13-33-26)16(3)20(27(31)34-22)11-23(30)28-8-7-17-12-29-21-10-18(32-4)5-6-19(17)21/h5-6,9-10,12-13,29H,7-8,11H2,1-4H3,(H,28,30). The number of benzene rings is 2. The number of aromatic amines is 1. The third-order valence-electron chi connectivity index (χ3n) is 6.50. The number of hydrogen-bond acceptors (Lipinski definition) is 5. The maximum Gasteiger partial charge on any atom is 0.340 e. The van der Waals surface area contributed by atoms with Gasteiger partial charge >= 0.3 is 5.63 Å². The van der Waals surface area contributed by atoms with Crippen molar-refractivity contribution < 1.29 is 18.4 Å². The number of H-pyrrole nitrogens is 1. The lowest BCUT2D eigenvalue weighted by atomic mass is 9.99. The summed E-state index contributed by atoms with van der Waals surface area (Å²) >= 11 is 0. The van der Waals surface area contributed by atoms with Gasteiger partial charge < -0.3 is 23.9 Å². The highest BCUT2D eigenvalue weighted by Crippen LogP contribution is 2.34. The van der Waals surface area contributed by atoms with Gasteiger partial charge in [0.05, 0.1) is 30.7 Å². The summed E-state index contributed by atoms with van der Waals surface area (Å²) in [7, 11) is 1.64. The van der Waals surface area contributed by atoms with Crippen LogP contribution in [-0.4, -0.2) is 24.5 Å². The van der Waals surface area contributed by atoms with Crippen molar-refractivity contribution in [3.8, 4) is 5.75 Å². The molecule has 3 aromatic heterocycles. The van der Waals surface area contributed by atoms with Crippen LogP contribution in [0, 0.1) is 20.8 Å². The van der Waals surface area contributed by atoms with Crippen molar-refractivity contribution in [2.45, 2.75) is 33.6 Å². The van der Waals surface area contributed by atoms with Crippen LogP contribution < -0.4 is 15.7 Å². The molecule has 5 aromatic rings. The van der Waals surface area contributed by atoms with E-state index in [9.17, 15) is 9.59 Å². The lowest BCUT2D eigenvalue weighted by Crippen LogP contribution is -2.29. The quantitative estimate of drug-likeness (QED) is 0.354. The van der Waals surface area contributed by atoms with Crippen molar-refractivity contribution in [2.24, 2.45) is 0 Å². The Kier molecular flexibility index (Phi) is 5.40. The number of rotatable bonds is 6. The van der Waals surface area contributed by atoms with Gasteiger partial charge in [-0.05, 0) is 67.6 Å². The van der Waals surface area contributed by atoms with Crippen LogP contribution in [0.1, 0.15) is 27.8 Å². The van der Waals surface area contributed by atoms with Gasteiger partial charge in [0.15, 0.2) is 0 Å². The number of carbonyl (C=O) groups excluding carboxylic acids is 1. The molecule has 0 atom stereocenters. The predicted molar refractivity (Wildman–Crippen MR) is 132 cm³/mol. The number of amides is 1. The summed E-state index contributed by atoms with van der Waals surface area (Å²) in [6, 6.07) is 7.72. The Morgan fingerprint density at radius 1 is 1.12 bits per heavy atom. The summed E-state index contributed by atoms with van der Waals surface area (Å²) in [5.74, 6) is 0.561. The zero-order chi connectivity index (χ0) is 24.0. The topological polar surface area (TPSA) is 97.5 Å². The normalized spacial score (nSPS) is 11.5. The Labute approximate surface area is 195 Å². The molecule has 0 saturated heterocycles. The van der Waals surface area contributed by atoms with Crippen LogP contribution >= 0.6 is 0 Å². The van der Waals surface area contributed by atoms with Crippen LogP contribution in [0.25, 0.3) is 32.8 Å². The number of aryl methyl sites for hydroxylation is 3. The summed E-state index contributed by atoms with van der Waals surface area (Å²) in [4.78, 5) is 28.7. The maximum absolute atomic E-state index is 12.7. The molecule has 0 unspecified atom stereocenters. The molecular formula is C27H26N2O5. The number of methoxy groups -OCH3 is 1. The Balaban J connectivity index is 1.35. The van der Waals surface area contributed by atoms with Gasteiger partial charge in [0.25, 0.3) is 0 Å². The number of aromatic nitrogens is 1. The SMILES string of the molecule is COc1ccc2c(CCNC(=O)Cc3c(C)c4c(cc(C)c5c(C)coc54)oc3=O)c[nH]c2c1. The molecular weight excluding hydrogens is 432 g/mol. The molecule has 0 aliphatic heterocycles. The summed E-state index contributed by atoms with van der Waals surface area (Å²) in [6.45, 7) is 6.24.